The van der Waals surface area contributed by atoms with Crippen molar-refractivity contribution in [1.29, 1.82) is 0 Å². The zero-order chi connectivity index (χ0) is 13.2. The molecule has 4 nitrogen and oxygen atoms in total. The van der Waals surface area contributed by atoms with Gasteiger partial charge in [0, 0.05) is 36.5 Å². The van der Waals surface area contributed by atoms with Crippen LogP contribution in [0.25, 0.3) is 0 Å². The lowest BCUT2D eigenvalue weighted by atomic mass is 10.2. The third-order valence-corrected chi connectivity index (χ3v) is 3.31. The number of aliphatic hydroxyl groups excluding tert-OH is 3. The molecule has 0 fully saturated rings. The number of nitrogens with zero attached hydrogens (tertiary/aromatic N) is 1. The summed E-state index contributed by atoms with van der Waals surface area (Å²) in [6.45, 7) is 2.01. The quantitative estimate of drug-likeness (QED) is 0.622. The molecule has 0 aliphatic carbocycles. The van der Waals surface area contributed by atoms with Gasteiger partial charge in [-0.2, -0.15) is 0 Å². The van der Waals surface area contributed by atoms with Crippen molar-refractivity contribution in [3.63, 3.8) is 0 Å². The molecule has 0 saturated carbocycles. The Kier molecular flexibility index (Phi) is 7.65. The lowest BCUT2D eigenvalue weighted by molar-refractivity contribution is 0.156. The van der Waals surface area contributed by atoms with E-state index in [2.05, 4.69) is 11.8 Å². The normalized spacial score (nSPS) is 10.4. The SMILES string of the molecule is OCCC#Cc1ccsc1CN(CCO)CCO. The van der Waals surface area contributed by atoms with Gasteiger partial charge in [-0.1, -0.05) is 11.8 Å². The Morgan fingerprint density at radius 1 is 1.11 bits per heavy atom. The Balaban J connectivity index is 2.65. The molecular formula is C13H19NO3S. The minimum absolute atomic E-state index is 0.0770. The van der Waals surface area contributed by atoms with E-state index in [-0.39, 0.29) is 19.8 Å². The molecule has 1 aromatic heterocycles. The maximum atomic E-state index is 8.96. The van der Waals surface area contributed by atoms with Crippen LogP contribution in [-0.4, -0.2) is 53.1 Å². The highest BCUT2D eigenvalue weighted by Gasteiger charge is 2.08. The molecule has 0 amide bonds. The summed E-state index contributed by atoms with van der Waals surface area (Å²) >= 11 is 1.62. The van der Waals surface area contributed by atoms with Crippen LogP contribution in [0.15, 0.2) is 11.4 Å². The standard InChI is InChI=1S/C13H19NO3S/c15-7-2-1-3-12-4-10-18-13(12)11-14(5-8-16)6-9-17/h4,10,15-17H,2,5-9,11H2. The topological polar surface area (TPSA) is 63.9 Å². The second-order valence-corrected chi connectivity index (χ2v) is 4.76. The van der Waals surface area contributed by atoms with Gasteiger partial charge in [0.2, 0.25) is 0 Å². The van der Waals surface area contributed by atoms with Gasteiger partial charge in [0.05, 0.1) is 19.8 Å². The molecule has 5 heteroatoms. The first-order valence-electron chi connectivity index (χ1n) is 5.92. The van der Waals surface area contributed by atoms with Crippen LogP contribution in [0.4, 0.5) is 0 Å². The van der Waals surface area contributed by atoms with Crippen molar-refractivity contribution in [3.05, 3.63) is 21.9 Å². The number of hydrogen-bond acceptors (Lipinski definition) is 5. The summed E-state index contributed by atoms with van der Waals surface area (Å²) in [5, 5.41) is 28.6. The van der Waals surface area contributed by atoms with E-state index in [0.29, 0.717) is 26.1 Å². The van der Waals surface area contributed by atoms with Crippen LogP contribution in [0.3, 0.4) is 0 Å². The van der Waals surface area contributed by atoms with Crippen LogP contribution in [0.2, 0.25) is 0 Å². The molecular weight excluding hydrogens is 250 g/mol. The van der Waals surface area contributed by atoms with Crippen molar-refractivity contribution in [3.8, 4) is 11.8 Å². The van der Waals surface area contributed by atoms with Gasteiger partial charge >= 0.3 is 0 Å². The van der Waals surface area contributed by atoms with Crippen LogP contribution >= 0.6 is 11.3 Å². The average molecular weight is 269 g/mol. The lowest BCUT2D eigenvalue weighted by Crippen LogP contribution is -2.29. The zero-order valence-corrected chi connectivity index (χ0v) is 11.1. The van der Waals surface area contributed by atoms with Crippen LogP contribution in [0, 0.1) is 11.8 Å². The average Bonchev–Trinajstić information content (AvgIpc) is 2.78. The molecule has 100 valence electrons. The summed E-state index contributed by atoms with van der Waals surface area (Å²) in [6, 6.07) is 1.96. The summed E-state index contributed by atoms with van der Waals surface area (Å²) in [7, 11) is 0. The fourth-order valence-corrected chi connectivity index (χ4v) is 2.42. The highest BCUT2D eigenvalue weighted by atomic mass is 32.1. The molecule has 0 saturated heterocycles. The van der Waals surface area contributed by atoms with Gasteiger partial charge in [0.1, 0.15) is 0 Å². The van der Waals surface area contributed by atoms with E-state index in [9.17, 15) is 0 Å². The van der Waals surface area contributed by atoms with E-state index in [1.54, 1.807) is 11.3 Å². The second-order valence-electron chi connectivity index (χ2n) is 3.76. The zero-order valence-electron chi connectivity index (χ0n) is 10.3. The molecule has 0 atom stereocenters. The fourth-order valence-electron chi connectivity index (χ4n) is 1.54. The van der Waals surface area contributed by atoms with Crippen molar-refractivity contribution in [2.24, 2.45) is 0 Å². The van der Waals surface area contributed by atoms with Crippen molar-refractivity contribution in [2.75, 3.05) is 32.9 Å². The number of aliphatic hydroxyl groups is 3. The summed E-state index contributed by atoms with van der Waals surface area (Å²) < 4.78 is 0. The molecule has 3 N–H and O–H groups in total. The first-order valence-corrected chi connectivity index (χ1v) is 6.80. The van der Waals surface area contributed by atoms with Crippen LogP contribution in [0.5, 0.6) is 0 Å². The largest absolute Gasteiger partial charge is 0.395 e. The molecule has 0 bridgehead atoms. The van der Waals surface area contributed by atoms with Gasteiger partial charge in [0.25, 0.3) is 0 Å². The first-order chi connectivity index (χ1) is 8.81. The molecule has 0 aliphatic heterocycles. The first kappa shape index (κ1) is 15.2. The summed E-state index contributed by atoms with van der Waals surface area (Å²) in [5.74, 6) is 5.94. The second kappa shape index (κ2) is 9.09. The van der Waals surface area contributed by atoms with Crippen LogP contribution in [-0.2, 0) is 6.54 Å². The Morgan fingerprint density at radius 2 is 1.83 bits per heavy atom. The molecule has 0 unspecified atom stereocenters. The number of rotatable bonds is 7. The highest BCUT2D eigenvalue weighted by molar-refractivity contribution is 7.10. The van der Waals surface area contributed by atoms with E-state index in [1.165, 1.54) is 0 Å². The summed E-state index contributed by atoms with van der Waals surface area (Å²) in [5.41, 5.74) is 0.967. The fraction of sp³-hybridized carbons (Fsp3) is 0.538. The molecule has 0 spiro atoms. The van der Waals surface area contributed by atoms with Crippen molar-refractivity contribution < 1.29 is 15.3 Å². The summed E-state index contributed by atoms with van der Waals surface area (Å²) in [6.07, 6.45) is 0.478. The van der Waals surface area contributed by atoms with Crippen molar-refractivity contribution in [2.45, 2.75) is 13.0 Å². The third-order valence-electron chi connectivity index (χ3n) is 2.40. The minimum atomic E-state index is 0.0770. The molecule has 0 radical (unpaired) electrons. The van der Waals surface area contributed by atoms with Gasteiger partial charge in [-0.25, -0.2) is 0 Å². The van der Waals surface area contributed by atoms with E-state index >= 15 is 0 Å². The Morgan fingerprint density at radius 3 is 2.44 bits per heavy atom. The number of hydrogen-bond donors (Lipinski definition) is 3. The predicted molar refractivity (Wildman–Crippen MR) is 72.3 cm³/mol. The van der Waals surface area contributed by atoms with E-state index < -0.39 is 0 Å². The minimum Gasteiger partial charge on any atom is -0.395 e. The summed E-state index contributed by atoms with van der Waals surface area (Å²) in [4.78, 5) is 3.12. The lowest BCUT2D eigenvalue weighted by Gasteiger charge is -2.19. The Hall–Kier alpha value is -0.900. The smallest absolute Gasteiger partial charge is 0.0558 e. The van der Waals surface area contributed by atoms with E-state index in [0.717, 1.165) is 10.4 Å². The predicted octanol–water partition coefficient (Wildman–Crippen LogP) is 0.269. The van der Waals surface area contributed by atoms with Gasteiger partial charge in [-0.3, -0.25) is 4.90 Å². The Bertz CT molecular complexity index is 388. The molecule has 0 aromatic carbocycles. The molecule has 1 aromatic rings. The number of thiophene rings is 1. The van der Waals surface area contributed by atoms with E-state index in [4.69, 9.17) is 15.3 Å². The van der Waals surface area contributed by atoms with Gasteiger partial charge in [0.15, 0.2) is 0 Å². The molecule has 1 heterocycles. The highest BCUT2D eigenvalue weighted by Crippen LogP contribution is 2.18. The van der Waals surface area contributed by atoms with Crippen molar-refractivity contribution >= 4 is 11.3 Å². The Labute approximate surface area is 111 Å². The van der Waals surface area contributed by atoms with Gasteiger partial charge in [-0.05, 0) is 11.4 Å². The maximum absolute atomic E-state index is 8.96. The van der Waals surface area contributed by atoms with Crippen molar-refractivity contribution in [1.82, 2.24) is 4.90 Å². The van der Waals surface area contributed by atoms with Crippen LogP contribution < -0.4 is 0 Å². The van der Waals surface area contributed by atoms with Crippen LogP contribution in [0.1, 0.15) is 16.9 Å². The van der Waals surface area contributed by atoms with Gasteiger partial charge < -0.3 is 15.3 Å². The molecule has 18 heavy (non-hydrogen) atoms. The van der Waals surface area contributed by atoms with E-state index in [1.807, 2.05) is 16.3 Å². The molecule has 1 rings (SSSR count). The maximum Gasteiger partial charge on any atom is 0.0558 e. The molecule has 0 aliphatic rings. The van der Waals surface area contributed by atoms with Gasteiger partial charge in [-0.15, -0.1) is 11.3 Å². The monoisotopic (exact) mass is 269 g/mol. The third kappa shape index (κ3) is 5.17.